The molecule has 0 bridgehead atoms. The first-order valence-electron chi connectivity index (χ1n) is 5.39. The summed E-state index contributed by atoms with van der Waals surface area (Å²) < 4.78 is 52.7. The Morgan fingerprint density at radius 3 is 2.38 bits per heavy atom. The van der Waals surface area contributed by atoms with E-state index in [-0.39, 0.29) is 12.6 Å². The van der Waals surface area contributed by atoms with E-state index < -0.39 is 19.0 Å². The van der Waals surface area contributed by atoms with Crippen LogP contribution in [0.3, 0.4) is 0 Å². The van der Waals surface area contributed by atoms with Crippen LogP contribution >= 0.6 is 0 Å². The molecule has 0 aliphatic heterocycles. The van der Waals surface area contributed by atoms with Crippen LogP contribution < -0.4 is 5.73 Å². The smallest absolute Gasteiger partial charge is 0.330 e. The number of ether oxygens (including phenoxy) is 1. The Labute approximate surface area is 93.1 Å². The Morgan fingerprint density at radius 1 is 1.25 bits per heavy atom. The maximum Gasteiger partial charge on any atom is 0.330 e. The van der Waals surface area contributed by atoms with Crippen LogP contribution in [0.15, 0.2) is 0 Å². The number of hydrogen-bond donors (Lipinski definition) is 1. The Bertz CT molecular complexity index is 178. The molecular weight excluding hydrogens is 226 g/mol. The van der Waals surface area contributed by atoms with Gasteiger partial charge in [0.2, 0.25) is 0 Å². The predicted octanol–water partition coefficient (Wildman–Crippen LogP) is 2.81. The Hall–Kier alpha value is -0.360. The molecule has 16 heavy (non-hydrogen) atoms. The van der Waals surface area contributed by atoms with Gasteiger partial charge in [0, 0.05) is 6.04 Å². The van der Waals surface area contributed by atoms with Crippen molar-refractivity contribution in [3.05, 3.63) is 0 Å². The van der Waals surface area contributed by atoms with Gasteiger partial charge in [0.05, 0.1) is 6.61 Å². The lowest BCUT2D eigenvalue weighted by Crippen LogP contribution is -2.35. The molecule has 2 nitrogen and oxygen atoms in total. The number of rotatable bonds is 9. The van der Waals surface area contributed by atoms with Gasteiger partial charge >= 0.3 is 12.3 Å². The quantitative estimate of drug-likeness (QED) is 0.501. The summed E-state index contributed by atoms with van der Waals surface area (Å²) in [5.41, 5.74) is 5.56. The van der Waals surface area contributed by atoms with Crippen LogP contribution in [0.4, 0.5) is 17.6 Å². The van der Waals surface area contributed by atoms with Crippen molar-refractivity contribution in [2.24, 2.45) is 5.73 Å². The van der Waals surface area contributed by atoms with Crippen molar-refractivity contribution in [2.45, 2.75) is 51.0 Å². The standard InChI is InChI=1S/C10H19F4NO/c1-2-3-4-5-8(15)6-16-7-10(13,14)9(11)12/h8-9H,2-7,15H2,1H3. The van der Waals surface area contributed by atoms with Crippen LogP contribution in [0.5, 0.6) is 0 Å². The predicted molar refractivity (Wildman–Crippen MR) is 53.9 cm³/mol. The molecule has 0 radical (unpaired) electrons. The molecule has 0 aromatic heterocycles. The lowest BCUT2D eigenvalue weighted by Gasteiger charge is -2.17. The van der Waals surface area contributed by atoms with Gasteiger partial charge in [-0.1, -0.05) is 26.2 Å². The van der Waals surface area contributed by atoms with E-state index in [4.69, 9.17) is 5.73 Å². The summed E-state index contributed by atoms with van der Waals surface area (Å²) in [6.45, 7) is 0.656. The van der Waals surface area contributed by atoms with Gasteiger partial charge < -0.3 is 10.5 Å². The van der Waals surface area contributed by atoms with Crippen LogP contribution in [-0.4, -0.2) is 31.6 Å². The van der Waals surface area contributed by atoms with Crippen molar-refractivity contribution in [3.8, 4) is 0 Å². The molecule has 0 rings (SSSR count). The molecule has 0 aromatic rings. The van der Waals surface area contributed by atoms with E-state index >= 15 is 0 Å². The molecule has 1 atom stereocenters. The number of alkyl halides is 4. The average molecular weight is 245 g/mol. The number of hydrogen-bond acceptors (Lipinski definition) is 2. The molecular formula is C10H19F4NO. The monoisotopic (exact) mass is 245 g/mol. The zero-order chi connectivity index (χ0) is 12.6. The molecule has 0 amide bonds. The van der Waals surface area contributed by atoms with E-state index in [1.807, 2.05) is 6.92 Å². The van der Waals surface area contributed by atoms with Crippen molar-refractivity contribution >= 4 is 0 Å². The van der Waals surface area contributed by atoms with Gasteiger partial charge in [0.25, 0.3) is 0 Å². The molecule has 0 saturated carbocycles. The Kier molecular flexibility index (Phi) is 7.66. The number of unbranched alkanes of at least 4 members (excludes halogenated alkanes) is 2. The highest BCUT2D eigenvalue weighted by molar-refractivity contribution is 4.69. The van der Waals surface area contributed by atoms with Gasteiger partial charge in [0.15, 0.2) is 0 Å². The molecule has 1 unspecified atom stereocenters. The van der Waals surface area contributed by atoms with Crippen LogP contribution in [0.25, 0.3) is 0 Å². The summed E-state index contributed by atoms with van der Waals surface area (Å²) >= 11 is 0. The fourth-order valence-corrected chi connectivity index (χ4v) is 1.15. The lowest BCUT2D eigenvalue weighted by atomic mass is 10.1. The number of halogens is 4. The second-order valence-electron chi connectivity index (χ2n) is 3.83. The van der Waals surface area contributed by atoms with Crippen molar-refractivity contribution in [1.82, 2.24) is 0 Å². The maximum atomic E-state index is 12.4. The van der Waals surface area contributed by atoms with Crippen molar-refractivity contribution in [2.75, 3.05) is 13.2 Å². The zero-order valence-corrected chi connectivity index (χ0v) is 9.39. The minimum absolute atomic E-state index is 0.105. The topological polar surface area (TPSA) is 35.2 Å². The third kappa shape index (κ3) is 7.00. The third-order valence-corrected chi connectivity index (χ3v) is 2.12. The summed E-state index contributed by atoms with van der Waals surface area (Å²) in [5, 5.41) is 0. The van der Waals surface area contributed by atoms with Crippen LogP contribution in [0, 0.1) is 0 Å². The zero-order valence-electron chi connectivity index (χ0n) is 9.39. The molecule has 0 saturated heterocycles. The van der Waals surface area contributed by atoms with Gasteiger partial charge in [0.1, 0.15) is 6.61 Å². The highest BCUT2D eigenvalue weighted by Gasteiger charge is 2.40. The van der Waals surface area contributed by atoms with Crippen LogP contribution in [-0.2, 0) is 4.74 Å². The fourth-order valence-electron chi connectivity index (χ4n) is 1.15. The minimum Gasteiger partial charge on any atom is -0.373 e. The van der Waals surface area contributed by atoms with Crippen molar-refractivity contribution < 1.29 is 22.3 Å². The number of nitrogens with two attached hydrogens (primary N) is 1. The van der Waals surface area contributed by atoms with Gasteiger partial charge in [-0.25, -0.2) is 8.78 Å². The van der Waals surface area contributed by atoms with E-state index in [1.165, 1.54) is 0 Å². The van der Waals surface area contributed by atoms with E-state index in [0.29, 0.717) is 6.42 Å². The van der Waals surface area contributed by atoms with Gasteiger partial charge in [-0.3, -0.25) is 0 Å². The van der Waals surface area contributed by atoms with Crippen molar-refractivity contribution in [1.29, 1.82) is 0 Å². The second-order valence-corrected chi connectivity index (χ2v) is 3.83. The summed E-state index contributed by atoms with van der Waals surface area (Å²) in [6.07, 6.45) is -0.0815. The summed E-state index contributed by atoms with van der Waals surface area (Å²) in [4.78, 5) is 0. The maximum absolute atomic E-state index is 12.4. The summed E-state index contributed by atoms with van der Waals surface area (Å²) in [7, 11) is 0. The van der Waals surface area contributed by atoms with Crippen molar-refractivity contribution in [3.63, 3.8) is 0 Å². The van der Waals surface area contributed by atoms with Gasteiger partial charge in [-0.15, -0.1) is 0 Å². The SMILES string of the molecule is CCCCCC(N)COCC(F)(F)C(F)F. The van der Waals surface area contributed by atoms with Gasteiger partial charge in [-0.05, 0) is 6.42 Å². The first-order valence-corrected chi connectivity index (χ1v) is 5.39. The molecule has 0 heterocycles. The molecule has 6 heteroatoms. The molecule has 0 aromatic carbocycles. The van der Waals surface area contributed by atoms with Crippen LogP contribution in [0.1, 0.15) is 32.6 Å². The summed E-state index contributed by atoms with van der Waals surface area (Å²) in [6, 6.07) is -0.361. The largest absolute Gasteiger partial charge is 0.373 e. The minimum atomic E-state index is -4.08. The Morgan fingerprint density at radius 2 is 1.88 bits per heavy atom. The van der Waals surface area contributed by atoms with E-state index in [9.17, 15) is 17.6 Å². The van der Waals surface area contributed by atoms with Crippen LogP contribution in [0.2, 0.25) is 0 Å². The van der Waals surface area contributed by atoms with E-state index in [2.05, 4.69) is 4.74 Å². The lowest BCUT2D eigenvalue weighted by molar-refractivity contribution is -0.166. The third-order valence-electron chi connectivity index (χ3n) is 2.12. The highest BCUT2D eigenvalue weighted by Crippen LogP contribution is 2.22. The second kappa shape index (κ2) is 7.84. The highest BCUT2D eigenvalue weighted by atomic mass is 19.3. The van der Waals surface area contributed by atoms with E-state index in [0.717, 1.165) is 19.3 Å². The molecule has 0 spiro atoms. The first-order chi connectivity index (χ1) is 7.40. The van der Waals surface area contributed by atoms with E-state index in [1.54, 1.807) is 0 Å². The fraction of sp³-hybridized carbons (Fsp3) is 1.00. The first kappa shape index (κ1) is 15.6. The summed E-state index contributed by atoms with van der Waals surface area (Å²) in [5.74, 6) is -4.08. The molecule has 0 aliphatic rings. The molecule has 0 fully saturated rings. The normalized spacial score (nSPS) is 14.4. The molecule has 0 aliphatic carbocycles. The average Bonchev–Trinajstić information content (AvgIpc) is 2.17. The van der Waals surface area contributed by atoms with Gasteiger partial charge in [-0.2, -0.15) is 8.78 Å². The molecule has 2 N–H and O–H groups in total. The molecule has 98 valence electrons. The Balaban J connectivity index is 3.57.